The van der Waals surface area contributed by atoms with Gasteiger partial charge in [0.05, 0.1) is 6.10 Å². The summed E-state index contributed by atoms with van der Waals surface area (Å²) in [4.78, 5) is 0. The van der Waals surface area contributed by atoms with Crippen LogP contribution in [0.2, 0.25) is 0 Å². The maximum absolute atomic E-state index is 10.2. The third kappa shape index (κ3) is 4.32. The minimum absolute atomic E-state index is 0.383. The molecule has 19 heavy (non-hydrogen) atoms. The quantitative estimate of drug-likeness (QED) is 0.789. The zero-order chi connectivity index (χ0) is 13.8. The predicted molar refractivity (Wildman–Crippen MR) is 80.1 cm³/mol. The summed E-state index contributed by atoms with van der Waals surface area (Å²) in [7, 11) is 0. The van der Waals surface area contributed by atoms with Crippen LogP contribution in [0.4, 0.5) is 0 Å². The number of benzene rings is 1. The maximum atomic E-state index is 10.2. The van der Waals surface area contributed by atoms with Gasteiger partial charge in [0, 0.05) is 12.6 Å². The first-order valence-corrected chi connectivity index (χ1v) is 7.60. The molecule has 1 fully saturated rings. The molecule has 1 saturated carbocycles. The van der Waals surface area contributed by atoms with Gasteiger partial charge in [-0.1, -0.05) is 51.5 Å². The molecule has 0 saturated heterocycles. The fourth-order valence-corrected chi connectivity index (χ4v) is 2.68. The van der Waals surface area contributed by atoms with Gasteiger partial charge in [0.2, 0.25) is 0 Å². The Bertz CT molecular complexity index is 385. The van der Waals surface area contributed by atoms with Gasteiger partial charge in [-0.3, -0.25) is 0 Å². The van der Waals surface area contributed by atoms with Crippen molar-refractivity contribution >= 4 is 0 Å². The van der Waals surface area contributed by atoms with Crippen LogP contribution >= 0.6 is 0 Å². The average molecular weight is 261 g/mol. The Morgan fingerprint density at radius 3 is 2.47 bits per heavy atom. The van der Waals surface area contributed by atoms with Crippen LogP contribution in [-0.4, -0.2) is 17.7 Å². The number of hydrogen-bond acceptors (Lipinski definition) is 2. The minimum atomic E-state index is -0.383. The van der Waals surface area contributed by atoms with E-state index in [2.05, 4.69) is 50.4 Å². The Morgan fingerprint density at radius 2 is 1.95 bits per heavy atom. The van der Waals surface area contributed by atoms with E-state index in [0.717, 1.165) is 17.9 Å². The van der Waals surface area contributed by atoms with Crippen LogP contribution in [0.5, 0.6) is 0 Å². The summed E-state index contributed by atoms with van der Waals surface area (Å²) in [6.07, 6.45) is 3.24. The summed E-state index contributed by atoms with van der Waals surface area (Å²) in [5.41, 5.74) is 2.38. The van der Waals surface area contributed by atoms with Crippen LogP contribution in [0.25, 0.3) is 0 Å². The summed E-state index contributed by atoms with van der Waals surface area (Å²) in [6, 6.07) is 9.05. The molecule has 3 atom stereocenters. The van der Waals surface area contributed by atoms with Crippen molar-refractivity contribution in [3.05, 3.63) is 35.4 Å². The third-order valence-electron chi connectivity index (χ3n) is 4.03. The molecule has 0 radical (unpaired) electrons. The van der Waals surface area contributed by atoms with E-state index in [4.69, 9.17) is 0 Å². The number of aliphatic hydroxyl groups excluding tert-OH is 1. The fraction of sp³-hybridized carbons (Fsp3) is 0.647. The molecule has 1 aliphatic rings. The molecule has 0 bridgehead atoms. The predicted octanol–water partition coefficient (Wildman–Crippen LogP) is 3.31. The Balaban J connectivity index is 1.80. The lowest BCUT2D eigenvalue weighted by Crippen LogP contribution is -2.24. The number of hydrogen-bond donors (Lipinski definition) is 2. The van der Waals surface area contributed by atoms with E-state index in [1.807, 2.05) is 0 Å². The van der Waals surface area contributed by atoms with Crippen molar-refractivity contribution in [2.24, 2.45) is 11.8 Å². The highest BCUT2D eigenvalue weighted by molar-refractivity contribution is 5.24. The Hall–Kier alpha value is -0.860. The molecule has 0 spiro atoms. The summed E-state index contributed by atoms with van der Waals surface area (Å²) in [6.45, 7) is 7.36. The zero-order valence-electron chi connectivity index (χ0n) is 12.4. The second-order valence-corrected chi connectivity index (χ2v) is 6.27. The first kappa shape index (κ1) is 14.5. The lowest BCUT2D eigenvalue weighted by atomic mass is 10.0. The van der Waals surface area contributed by atoms with Crippen LogP contribution in [0.1, 0.15) is 50.8 Å². The Kier molecular flexibility index (Phi) is 5.00. The fourth-order valence-electron chi connectivity index (χ4n) is 2.68. The molecular formula is C17H27NO. The molecule has 2 N–H and O–H groups in total. The van der Waals surface area contributed by atoms with Crippen molar-refractivity contribution in [2.75, 3.05) is 6.54 Å². The van der Waals surface area contributed by atoms with Gasteiger partial charge in [-0.15, -0.1) is 0 Å². The second-order valence-electron chi connectivity index (χ2n) is 6.27. The van der Waals surface area contributed by atoms with Crippen LogP contribution in [0.15, 0.2) is 24.3 Å². The topological polar surface area (TPSA) is 32.3 Å². The van der Waals surface area contributed by atoms with Crippen molar-refractivity contribution in [1.29, 1.82) is 0 Å². The highest BCUT2D eigenvalue weighted by Crippen LogP contribution is 2.33. The van der Waals surface area contributed by atoms with Crippen LogP contribution in [0.3, 0.4) is 0 Å². The second kappa shape index (κ2) is 6.53. The number of nitrogens with one attached hydrogen (secondary N) is 1. The van der Waals surface area contributed by atoms with E-state index >= 15 is 0 Å². The molecule has 0 aliphatic heterocycles. The van der Waals surface area contributed by atoms with Crippen molar-refractivity contribution in [1.82, 2.24) is 5.32 Å². The van der Waals surface area contributed by atoms with Gasteiger partial charge in [0.15, 0.2) is 0 Å². The molecule has 106 valence electrons. The van der Waals surface area contributed by atoms with Gasteiger partial charge < -0.3 is 10.4 Å². The smallest absolute Gasteiger partial charge is 0.0914 e. The van der Waals surface area contributed by atoms with Gasteiger partial charge in [-0.2, -0.15) is 0 Å². The van der Waals surface area contributed by atoms with Gasteiger partial charge in [0.25, 0.3) is 0 Å². The van der Waals surface area contributed by atoms with Crippen molar-refractivity contribution in [3.8, 4) is 0 Å². The van der Waals surface area contributed by atoms with E-state index in [9.17, 15) is 5.11 Å². The molecule has 0 aromatic heterocycles. The van der Waals surface area contributed by atoms with Crippen molar-refractivity contribution < 1.29 is 5.11 Å². The SMILES string of the molecule is CCC1CC1NCC(O)c1ccc(CC(C)C)cc1. The van der Waals surface area contributed by atoms with Gasteiger partial charge in [-0.05, 0) is 35.8 Å². The Morgan fingerprint density at radius 1 is 1.26 bits per heavy atom. The maximum Gasteiger partial charge on any atom is 0.0914 e. The zero-order valence-corrected chi connectivity index (χ0v) is 12.4. The van der Waals surface area contributed by atoms with E-state index < -0.39 is 0 Å². The van der Waals surface area contributed by atoms with Crippen LogP contribution in [-0.2, 0) is 6.42 Å². The molecular weight excluding hydrogens is 234 g/mol. The van der Waals surface area contributed by atoms with Gasteiger partial charge in [0.1, 0.15) is 0 Å². The molecule has 0 heterocycles. The molecule has 2 nitrogen and oxygen atoms in total. The first-order valence-electron chi connectivity index (χ1n) is 7.60. The summed E-state index contributed by atoms with van der Waals surface area (Å²) in [5, 5.41) is 13.6. The van der Waals surface area contributed by atoms with E-state index in [-0.39, 0.29) is 6.10 Å². The van der Waals surface area contributed by atoms with E-state index in [1.54, 1.807) is 0 Å². The molecule has 1 aromatic carbocycles. The lowest BCUT2D eigenvalue weighted by Gasteiger charge is -2.13. The minimum Gasteiger partial charge on any atom is -0.387 e. The monoisotopic (exact) mass is 261 g/mol. The molecule has 2 rings (SSSR count). The van der Waals surface area contributed by atoms with Crippen LogP contribution < -0.4 is 5.32 Å². The van der Waals surface area contributed by atoms with E-state index in [0.29, 0.717) is 18.5 Å². The number of rotatable bonds is 7. The third-order valence-corrected chi connectivity index (χ3v) is 4.03. The molecule has 1 aliphatic carbocycles. The highest BCUT2D eigenvalue weighted by atomic mass is 16.3. The highest BCUT2D eigenvalue weighted by Gasteiger charge is 2.34. The summed E-state index contributed by atoms with van der Waals surface area (Å²) >= 11 is 0. The number of aliphatic hydroxyl groups is 1. The van der Waals surface area contributed by atoms with Crippen LogP contribution in [0, 0.1) is 11.8 Å². The Labute approximate surface area is 117 Å². The lowest BCUT2D eigenvalue weighted by molar-refractivity contribution is 0.173. The summed E-state index contributed by atoms with van der Waals surface area (Å²) < 4.78 is 0. The normalized spacial score (nSPS) is 23.6. The van der Waals surface area contributed by atoms with Crippen molar-refractivity contribution in [2.45, 2.75) is 52.2 Å². The average Bonchev–Trinajstić information content (AvgIpc) is 3.15. The van der Waals surface area contributed by atoms with E-state index in [1.165, 1.54) is 18.4 Å². The first-order chi connectivity index (χ1) is 9.10. The van der Waals surface area contributed by atoms with Gasteiger partial charge >= 0.3 is 0 Å². The molecule has 3 unspecified atom stereocenters. The largest absolute Gasteiger partial charge is 0.387 e. The van der Waals surface area contributed by atoms with Gasteiger partial charge in [-0.25, -0.2) is 0 Å². The standard InChI is InChI=1S/C17H27NO/c1-4-14-10-16(14)18-11-17(19)15-7-5-13(6-8-15)9-12(2)3/h5-8,12,14,16-19H,4,9-11H2,1-3H3. The molecule has 1 aromatic rings. The summed E-state index contributed by atoms with van der Waals surface area (Å²) in [5.74, 6) is 1.51. The van der Waals surface area contributed by atoms with Crippen molar-refractivity contribution in [3.63, 3.8) is 0 Å². The molecule has 0 amide bonds. The molecule has 2 heteroatoms.